The van der Waals surface area contributed by atoms with Crippen LogP contribution in [-0.4, -0.2) is 68.9 Å². The molecule has 2 aliphatic carbocycles. The Morgan fingerprint density at radius 2 is 1.78 bits per heavy atom. The van der Waals surface area contributed by atoms with Crippen LogP contribution in [0.1, 0.15) is 64.5 Å². The van der Waals surface area contributed by atoms with Crippen LogP contribution in [0.5, 0.6) is 0 Å². The van der Waals surface area contributed by atoms with Crippen LogP contribution in [-0.2, 0) is 32.0 Å². The Balaban J connectivity index is 1.22. The maximum atomic E-state index is 13.9. The van der Waals surface area contributed by atoms with Crippen LogP contribution in [0.4, 0.5) is 16.3 Å². The summed E-state index contributed by atoms with van der Waals surface area (Å²) >= 11 is 0. The number of carbonyl (C=O) groups excluding carboxylic acids is 4. The predicted octanol–water partition coefficient (Wildman–Crippen LogP) is 4.15. The summed E-state index contributed by atoms with van der Waals surface area (Å²) in [5.41, 5.74) is 1.09. The van der Waals surface area contributed by atoms with Gasteiger partial charge in [-0.1, -0.05) is 25.0 Å². The van der Waals surface area contributed by atoms with Gasteiger partial charge in [0, 0.05) is 30.4 Å². The highest BCUT2D eigenvalue weighted by atomic mass is 16.6. The van der Waals surface area contributed by atoms with E-state index in [1.165, 1.54) is 0 Å². The molecule has 1 spiro atoms. The second-order valence-corrected chi connectivity index (χ2v) is 12.5. The minimum atomic E-state index is -0.965. The Kier molecular flexibility index (Phi) is 7.76. The molecule has 1 aromatic carbocycles. The number of amides is 4. The number of hydrogen-bond donors (Lipinski definition) is 2. The van der Waals surface area contributed by atoms with Crippen LogP contribution in [0.25, 0.3) is 0 Å². The number of rotatable bonds is 5. The van der Waals surface area contributed by atoms with Gasteiger partial charge in [-0.15, -0.1) is 0 Å². The number of fused-ring (bicyclic) bond motifs is 1. The third-order valence-electron chi connectivity index (χ3n) is 8.22. The van der Waals surface area contributed by atoms with Crippen molar-refractivity contribution in [3.8, 4) is 0 Å². The summed E-state index contributed by atoms with van der Waals surface area (Å²) in [7, 11) is 0. The monoisotopic (exact) mass is 561 g/mol. The Morgan fingerprint density at radius 3 is 2.46 bits per heavy atom. The van der Waals surface area contributed by atoms with Gasteiger partial charge in [-0.2, -0.15) is 0 Å². The number of aromatic nitrogens is 1. The van der Waals surface area contributed by atoms with Crippen LogP contribution in [0.3, 0.4) is 0 Å². The first-order valence-electron chi connectivity index (χ1n) is 14.4. The summed E-state index contributed by atoms with van der Waals surface area (Å²) in [6, 6.07) is 10.7. The van der Waals surface area contributed by atoms with Gasteiger partial charge >= 0.3 is 6.09 Å². The molecule has 41 heavy (non-hydrogen) atoms. The number of pyridine rings is 1. The van der Waals surface area contributed by atoms with Crippen LogP contribution < -0.4 is 10.6 Å². The van der Waals surface area contributed by atoms with Gasteiger partial charge in [0.15, 0.2) is 0 Å². The van der Waals surface area contributed by atoms with Crippen molar-refractivity contribution in [2.24, 2.45) is 5.92 Å². The van der Waals surface area contributed by atoms with Crippen molar-refractivity contribution in [3.63, 3.8) is 0 Å². The first kappa shape index (κ1) is 28.6. The highest BCUT2D eigenvalue weighted by Crippen LogP contribution is 2.41. The lowest BCUT2D eigenvalue weighted by molar-refractivity contribution is -0.156. The molecule has 2 atom stereocenters. The minimum Gasteiger partial charge on any atom is -0.444 e. The van der Waals surface area contributed by atoms with Gasteiger partial charge in [-0.25, -0.2) is 9.78 Å². The fourth-order valence-corrected chi connectivity index (χ4v) is 6.26. The van der Waals surface area contributed by atoms with Gasteiger partial charge in [0.05, 0.1) is 0 Å². The molecule has 5 rings (SSSR count). The molecule has 2 unspecified atom stereocenters. The number of benzene rings is 1. The molecule has 0 bridgehead atoms. The van der Waals surface area contributed by atoms with Crippen LogP contribution in [0.15, 0.2) is 42.6 Å². The maximum absolute atomic E-state index is 13.9. The molecule has 2 N–H and O–H groups in total. The average Bonchev–Trinajstić information content (AvgIpc) is 3.56. The lowest BCUT2D eigenvalue weighted by Gasteiger charge is -2.50. The molecule has 2 aromatic rings. The van der Waals surface area contributed by atoms with E-state index in [1.807, 2.05) is 52.0 Å². The van der Waals surface area contributed by atoms with Gasteiger partial charge in [0.2, 0.25) is 17.7 Å². The molecule has 1 saturated heterocycles. The van der Waals surface area contributed by atoms with E-state index in [9.17, 15) is 19.2 Å². The summed E-state index contributed by atoms with van der Waals surface area (Å²) in [6.45, 7) is 7.51. The standard InChI is InChI=1S/C31H39N5O5/c1-20-18-36(29(40)41-30(2,3)4)31(12-6-7-13-31)28(39)35(20)19-26(37)33-24-11-10-21-15-23(16-22(21)17-24)27(38)34-25-9-5-8-14-32-25/h5,8-11,14,17,20,23H,6-7,12-13,15-16,18-19H2,1-4H3,(H,33,37)(H,32,34,38). The topological polar surface area (TPSA) is 121 Å². The maximum Gasteiger partial charge on any atom is 0.411 e. The van der Waals surface area contributed by atoms with Crippen molar-refractivity contribution < 1.29 is 23.9 Å². The molecule has 3 aliphatic rings. The normalized spacial score (nSPS) is 21.5. The second-order valence-electron chi connectivity index (χ2n) is 12.5. The first-order chi connectivity index (χ1) is 19.4. The number of ether oxygens (including phenoxy) is 1. The summed E-state index contributed by atoms with van der Waals surface area (Å²) in [5, 5.41) is 5.81. The minimum absolute atomic E-state index is 0.0793. The molecule has 218 valence electrons. The Labute approximate surface area is 240 Å². The molecular weight excluding hydrogens is 522 g/mol. The lowest BCUT2D eigenvalue weighted by Crippen LogP contribution is -2.69. The Morgan fingerprint density at radius 1 is 1.05 bits per heavy atom. The molecule has 10 nitrogen and oxygen atoms in total. The summed E-state index contributed by atoms with van der Waals surface area (Å²) < 4.78 is 5.65. The third-order valence-corrected chi connectivity index (χ3v) is 8.22. The number of nitrogens with zero attached hydrogens (tertiary/aromatic N) is 3. The fourth-order valence-electron chi connectivity index (χ4n) is 6.26. The van der Waals surface area contributed by atoms with Crippen molar-refractivity contribution in [1.82, 2.24) is 14.8 Å². The molecular formula is C31H39N5O5. The zero-order valence-corrected chi connectivity index (χ0v) is 24.2. The van der Waals surface area contributed by atoms with E-state index in [4.69, 9.17) is 4.74 Å². The highest BCUT2D eigenvalue weighted by Gasteiger charge is 2.55. The van der Waals surface area contributed by atoms with Gasteiger partial charge < -0.3 is 20.3 Å². The van der Waals surface area contributed by atoms with E-state index >= 15 is 0 Å². The van der Waals surface area contributed by atoms with E-state index in [2.05, 4.69) is 15.6 Å². The van der Waals surface area contributed by atoms with Crippen molar-refractivity contribution in [2.45, 2.75) is 83.4 Å². The van der Waals surface area contributed by atoms with Crippen LogP contribution in [0, 0.1) is 5.92 Å². The van der Waals surface area contributed by atoms with Gasteiger partial charge in [-0.05, 0) is 88.8 Å². The number of anilines is 2. The van der Waals surface area contributed by atoms with E-state index < -0.39 is 17.2 Å². The predicted molar refractivity (Wildman–Crippen MR) is 154 cm³/mol. The van der Waals surface area contributed by atoms with Crippen LogP contribution >= 0.6 is 0 Å². The molecule has 2 fully saturated rings. The molecule has 1 saturated carbocycles. The Bertz CT molecular complexity index is 1330. The van der Waals surface area contributed by atoms with E-state index in [1.54, 1.807) is 28.1 Å². The van der Waals surface area contributed by atoms with Crippen molar-refractivity contribution in [2.75, 3.05) is 23.7 Å². The molecule has 0 radical (unpaired) electrons. The summed E-state index contributed by atoms with van der Waals surface area (Å²) in [6.07, 6.45) is 5.17. The second kappa shape index (κ2) is 11.1. The van der Waals surface area contributed by atoms with E-state index in [0.29, 0.717) is 43.7 Å². The zero-order chi connectivity index (χ0) is 29.4. The zero-order valence-electron chi connectivity index (χ0n) is 24.2. The third kappa shape index (κ3) is 6.06. The van der Waals surface area contributed by atoms with Gasteiger partial charge in [0.1, 0.15) is 23.5 Å². The molecule has 1 aliphatic heterocycles. The molecule has 10 heteroatoms. The Hall–Kier alpha value is -3.95. The van der Waals surface area contributed by atoms with Crippen molar-refractivity contribution >= 4 is 35.3 Å². The molecule has 2 heterocycles. The molecule has 4 amide bonds. The number of hydrogen-bond acceptors (Lipinski definition) is 6. The van der Waals surface area contributed by atoms with Gasteiger partial charge in [-0.3, -0.25) is 19.3 Å². The summed E-state index contributed by atoms with van der Waals surface area (Å²) in [5.74, 6) is -0.252. The lowest BCUT2D eigenvalue weighted by atomic mass is 9.89. The van der Waals surface area contributed by atoms with E-state index in [0.717, 1.165) is 24.0 Å². The fraction of sp³-hybridized carbons (Fsp3) is 0.516. The van der Waals surface area contributed by atoms with Crippen molar-refractivity contribution in [3.05, 3.63) is 53.7 Å². The SMILES string of the molecule is CC1CN(C(=O)OC(C)(C)C)C2(CCCC2)C(=O)N1CC(=O)Nc1ccc2c(c1)CC(C(=O)Nc1ccccn1)C2. The summed E-state index contributed by atoms with van der Waals surface area (Å²) in [4.78, 5) is 60.3. The van der Waals surface area contributed by atoms with E-state index in [-0.39, 0.29) is 36.2 Å². The first-order valence-corrected chi connectivity index (χ1v) is 14.4. The smallest absolute Gasteiger partial charge is 0.411 e. The highest BCUT2D eigenvalue weighted by molar-refractivity contribution is 5.98. The largest absolute Gasteiger partial charge is 0.444 e. The number of carbonyl (C=O) groups is 4. The quantitative estimate of drug-likeness (QED) is 0.566. The average molecular weight is 562 g/mol. The van der Waals surface area contributed by atoms with Gasteiger partial charge in [0.25, 0.3) is 0 Å². The number of nitrogens with one attached hydrogen (secondary N) is 2. The molecule has 1 aromatic heterocycles. The van der Waals surface area contributed by atoms with Crippen molar-refractivity contribution in [1.29, 1.82) is 0 Å². The number of piperazine rings is 1. The van der Waals surface area contributed by atoms with Crippen LogP contribution in [0.2, 0.25) is 0 Å².